The molecule has 2 heterocycles. The second-order valence-corrected chi connectivity index (χ2v) is 6.11. The molecule has 0 aliphatic heterocycles. The largest absolute Gasteiger partial charge is 0.398 e. The standard InChI is InChI=1S/C20H16N4/c21-19-15-8-4-5-9-16(15)23-17-11-10-13-12-22-24(20(13)18(17)19)14-6-2-1-3-7-14/h2,4-12H,1,3H2,(H2,21,23). The Hall–Kier alpha value is -3.14. The van der Waals surface area contributed by atoms with Crippen LogP contribution < -0.4 is 5.73 Å². The van der Waals surface area contributed by atoms with Crippen molar-refractivity contribution in [3.05, 3.63) is 60.8 Å². The van der Waals surface area contributed by atoms with Gasteiger partial charge >= 0.3 is 0 Å². The molecule has 4 nitrogen and oxygen atoms in total. The average Bonchev–Trinajstić information content (AvgIpc) is 3.06. The quantitative estimate of drug-likeness (QED) is 0.526. The maximum Gasteiger partial charge on any atom is 0.0856 e. The molecule has 0 amide bonds. The van der Waals surface area contributed by atoms with Crippen LogP contribution in [0.2, 0.25) is 0 Å². The summed E-state index contributed by atoms with van der Waals surface area (Å²) in [7, 11) is 0. The number of fused-ring (bicyclic) bond motifs is 4. The van der Waals surface area contributed by atoms with E-state index in [0.717, 1.165) is 56.9 Å². The van der Waals surface area contributed by atoms with Crippen molar-refractivity contribution >= 4 is 44.1 Å². The van der Waals surface area contributed by atoms with Crippen molar-refractivity contribution in [2.75, 3.05) is 5.73 Å². The molecule has 0 saturated heterocycles. The molecule has 2 aromatic heterocycles. The lowest BCUT2D eigenvalue weighted by Gasteiger charge is -2.12. The highest BCUT2D eigenvalue weighted by Gasteiger charge is 2.15. The van der Waals surface area contributed by atoms with Gasteiger partial charge in [0, 0.05) is 10.8 Å². The number of hydrogen-bond acceptors (Lipinski definition) is 3. The summed E-state index contributed by atoms with van der Waals surface area (Å²) in [6.45, 7) is 0. The van der Waals surface area contributed by atoms with Crippen molar-refractivity contribution in [1.29, 1.82) is 0 Å². The molecular formula is C20H16N4. The second-order valence-electron chi connectivity index (χ2n) is 6.11. The zero-order valence-electron chi connectivity index (χ0n) is 13.1. The molecule has 4 heteroatoms. The minimum atomic E-state index is 0.767. The highest BCUT2D eigenvalue weighted by molar-refractivity contribution is 6.17. The summed E-state index contributed by atoms with van der Waals surface area (Å²) in [5, 5.41) is 7.64. The summed E-state index contributed by atoms with van der Waals surface area (Å²) < 4.78 is 1.99. The van der Waals surface area contributed by atoms with Crippen LogP contribution in [0.25, 0.3) is 38.4 Å². The van der Waals surface area contributed by atoms with Gasteiger partial charge in [-0.1, -0.05) is 30.4 Å². The van der Waals surface area contributed by atoms with Gasteiger partial charge in [0.2, 0.25) is 0 Å². The van der Waals surface area contributed by atoms with E-state index in [1.807, 2.05) is 41.2 Å². The lowest BCUT2D eigenvalue weighted by atomic mass is 10.1. The van der Waals surface area contributed by atoms with Gasteiger partial charge in [0.15, 0.2) is 0 Å². The number of pyridine rings is 1. The van der Waals surface area contributed by atoms with Crippen LogP contribution in [0.1, 0.15) is 12.8 Å². The molecule has 0 spiro atoms. The maximum atomic E-state index is 6.56. The van der Waals surface area contributed by atoms with Gasteiger partial charge in [-0.3, -0.25) is 0 Å². The predicted molar refractivity (Wildman–Crippen MR) is 99.6 cm³/mol. The van der Waals surface area contributed by atoms with Crippen LogP contribution in [0.4, 0.5) is 5.69 Å². The number of benzene rings is 2. The van der Waals surface area contributed by atoms with Crippen LogP contribution in [0.15, 0.2) is 60.8 Å². The first kappa shape index (κ1) is 13.3. The van der Waals surface area contributed by atoms with Gasteiger partial charge in [0.1, 0.15) is 0 Å². The molecule has 4 aromatic rings. The zero-order chi connectivity index (χ0) is 16.1. The Balaban J connectivity index is 1.95. The van der Waals surface area contributed by atoms with Gasteiger partial charge in [0.25, 0.3) is 0 Å². The smallest absolute Gasteiger partial charge is 0.0856 e. The van der Waals surface area contributed by atoms with Crippen LogP contribution in [0, 0.1) is 0 Å². The van der Waals surface area contributed by atoms with E-state index in [2.05, 4.69) is 29.4 Å². The molecule has 0 fully saturated rings. The molecule has 5 rings (SSSR count). The Morgan fingerprint density at radius 2 is 1.92 bits per heavy atom. The summed E-state index contributed by atoms with van der Waals surface area (Å²) in [5.41, 5.74) is 11.3. The topological polar surface area (TPSA) is 56.7 Å². The highest BCUT2D eigenvalue weighted by Crippen LogP contribution is 2.35. The second kappa shape index (κ2) is 4.93. The van der Waals surface area contributed by atoms with Crippen molar-refractivity contribution in [2.24, 2.45) is 0 Å². The summed E-state index contributed by atoms with van der Waals surface area (Å²) in [4.78, 5) is 4.80. The fraction of sp³-hybridized carbons (Fsp3) is 0.100. The number of hydrogen-bond donors (Lipinski definition) is 1. The van der Waals surface area contributed by atoms with E-state index in [0.29, 0.717) is 0 Å². The Morgan fingerprint density at radius 3 is 2.79 bits per heavy atom. The molecule has 24 heavy (non-hydrogen) atoms. The number of rotatable bonds is 1. The first-order valence-electron chi connectivity index (χ1n) is 8.15. The van der Waals surface area contributed by atoms with Crippen molar-refractivity contribution in [2.45, 2.75) is 12.8 Å². The third kappa shape index (κ3) is 1.80. The fourth-order valence-electron chi connectivity index (χ4n) is 3.48. The van der Waals surface area contributed by atoms with Gasteiger partial charge < -0.3 is 5.73 Å². The first-order valence-corrected chi connectivity index (χ1v) is 8.15. The van der Waals surface area contributed by atoms with E-state index in [4.69, 9.17) is 10.7 Å². The average molecular weight is 312 g/mol. The van der Waals surface area contributed by atoms with E-state index in [9.17, 15) is 0 Å². The lowest BCUT2D eigenvalue weighted by Crippen LogP contribution is -2.01. The van der Waals surface area contributed by atoms with Crippen LogP contribution in [0.5, 0.6) is 0 Å². The summed E-state index contributed by atoms with van der Waals surface area (Å²) in [6, 6.07) is 12.1. The monoisotopic (exact) mass is 312 g/mol. The third-order valence-electron chi connectivity index (χ3n) is 4.64. The van der Waals surface area contributed by atoms with Gasteiger partial charge in [-0.2, -0.15) is 5.10 Å². The highest BCUT2D eigenvalue weighted by atomic mass is 15.3. The van der Waals surface area contributed by atoms with E-state index >= 15 is 0 Å². The molecule has 2 N–H and O–H groups in total. The maximum absolute atomic E-state index is 6.56. The summed E-state index contributed by atoms with van der Waals surface area (Å²) in [6.07, 6.45) is 10.5. The third-order valence-corrected chi connectivity index (χ3v) is 4.64. The first-order chi connectivity index (χ1) is 11.8. The van der Waals surface area contributed by atoms with Gasteiger partial charge in [-0.25, -0.2) is 9.67 Å². The van der Waals surface area contributed by atoms with Gasteiger partial charge in [0.05, 0.1) is 39.5 Å². The van der Waals surface area contributed by atoms with Crippen molar-refractivity contribution in [3.63, 3.8) is 0 Å². The number of para-hydroxylation sites is 1. The predicted octanol–water partition coefficient (Wildman–Crippen LogP) is 4.51. The van der Waals surface area contributed by atoms with Crippen molar-refractivity contribution in [3.8, 4) is 0 Å². The van der Waals surface area contributed by atoms with E-state index in [1.165, 1.54) is 0 Å². The minimum Gasteiger partial charge on any atom is -0.398 e. The van der Waals surface area contributed by atoms with E-state index < -0.39 is 0 Å². The molecule has 0 saturated carbocycles. The van der Waals surface area contributed by atoms with Crippen LogP contribution >= 0.6 is 0 Å². The molecular weight excluding hydrogens is 296 g/mol. The van der Waals surface area contributed by atoms with E-state index in [-0.39, 0.29) is 0 Å². The van der Waals surface area contributed by atoms with Gasteiger partial charge in [-0.05, 0) is 37.1 Å². The molecule has 0 bridgehead atoms. The number of anilines is 1. The Labute approximate surface area is 138 Å². The van der Waals surface area contributed by atoms with Crippen molar-refractivity contribution < 1.29 is 0 Å². The number of nitrogen functional groups attached to an aromatic ring is 1. The Bertz CT molecular complexity index is 1160. The minimum absolute atomic E-state index is 0.767. The molecule has 0 unspecified atom stereocenters. The summed E-state index contributed by atoms with van der Waals surface area (Å²) in [5.74, 6) is 0. The van der Waals surface area contributed by atoms with E-state index in [1.54, 1.807) is 0 Å². The van der Waals surface area contributed by atoms with Crippen LogP contribution in [-0.2, 0) is 0 Å². The summed E-state index contributed by atoms with van der Waals surface area (Å²) >= 11 is 0. The van der Waals surface area contributed by atoms with Crippen LogP contribution in [-0.4, -0.2) is 14.8 Å². The number of nitrogens with two attached hydrogens (primary N) is 1. The van der Waals surface area contributed by atoms with Gasteiger partial charge in [-0.15, -0.1) is 0 Å². The molecule has 116 valence electrons. The fourth-order valence-corrected chi connectivity index (χ4v) is 3.48. The number of nitrogens with zero attached hydrogens (tertiary/aromatic N) is 3. The molecule has 0 atom stereocenters. The molecule has 1 aliphatic carbocycles. The SMILES string of the molecule is Nc1c2ccccc2nc2ccc3cnn(C4=CCCC=C4)c3c12. The molecule has 0 radical (unpaired) electrons. The Morgan fingerprint density at radius 1 is 1.00 bits per heavy atom. The van der Waals surface area contributed by atoms with Crippen molar-refractivity contribution in [1.82, 2.24) is 14.8 Å². The number of aromatic nitrogens is 3. The lowest BCUT2D eigenvalue weighted by molar-refractivity contribution is 0.916. The van der Waals surface area contributed by atoms with Crippen LogP contribution in [0.3, 0.4) is 0 Å². The normalized spacial score (nSPS) is 14.6. The zero-order valence-corrected chi connectivity index (χ0v) is 13.1. The molecule has 1 aliphatic rings. The number of allylic oxidation sites excluding steroid dienone is 4. The molecule has 2 aromatic carbocycles. The Kier molecular flexibility index (Phi) is 2.73.